The van der Waals surface area contributed by atoms with E-state index in [2.05, 4.69) is 9.97 Å². The van der Waals surface area contributed by atoms with E-state index in [0.717, 1.165) is 49.8 Å². The van der Waals surface area contributed by atoms with Gasteiger partial charge in [-0.15, -0.1) is 0 Å². The maximum absolute atomic E-state index is 12.3. The molecule has 1 fully saturated rings. The molecule has 7 heteroatoms. The van der Waals surface area contributed by atoms with Crippen LogP contribution in [0.4, 0.5) is 4.79 Å². The molecule has 6 nitrogen and oxygen atoms in total. The smallest absolute Gasteiger partial charge is 0.410 e. The number of carbonyl (C=O) groups excluding carboxylic acids is 1. The van der Waals surface area contributed by atoms with Crippen LogP contribution >= 0.6 is 11.6 Å². The van der Waals surface area contributed by atoms with Crippen LogP contribution in [0.5, 0.6) is 5.88 Å². The van der Waals surface area contributed by atoms with Gasteiger partial charge >= 0.3 is 6.09 Å². The summed E-state index contributed by atoms with van der Waals surface area (Å²) in [5, 5.41) is 0.285. The van der Waals surface area contributed by atoms with E-state index in [0.29, 0.717) is 18.4 Å². The number of hydrogen-bond donors (Lipinski definition) is 0. The summed E-state index contributed by atoms with van der Waals surface area (Å²) in [4.78, 5) is 22.9. The van der Waals surface area contributed by atoms with Gasteiger partial charge in [-0.1, -0.05) is 23.7 Å². The Hall–Kier alpha value is -2.08. The minimum atomic E-state index is -0.460. The van der Waals surface area contributed by atoms with Gasteiger partial charge in [0.15, 0.2) is 5.15 Å². The van der Waals surface area contributed by atoms with Gasteiger partial charge in [-0.2, -0.15) is 0 Å². The fraction of sp³-hybridized carbons (Fsp3) is 0.571. The lowest BCUT2D eigenvalue weighted by Crippen LogP contribution is -2.42. The highest BCUT2D eigenvalue weighted by Crippen LogP contribution is 2.25. The van der Waals surface area contributed by atoms with Gasteiger partial charge in [-0.3, -0.25) is 0 Å². The molecule has 0 saturated carbocycles. The second-order valence-electron chi connectivity index (χ2n) is 8.23. The Labute approximate surface area is 171 Å². The predicted molar refractivity (Wildman–Crippen MR) is 110 cm³/mol. The van der Waals surface area contributed by atoms with Gasteiger partial charge in [0.05, 0.1) is 17.6 Å². The lowest BCUT2D eigenvalue weighted by atomic mass is 9.94. The van der Waals surface area contributed by atoms with Gasteiger partial charge in [0, 0.05) is 13.1 Å². The van der Waals surface area contributed by atoms with E-state index in [9.17, 15) is 4.79 Å². The number of fused-ring (bicyclic) bond motifs is 1. The number of hydrogen-bond acceptors (Lipinski definition) is 5. The Morgan fingerprint density at radius 2 is 1.96 bits per heavy atom. The summed E-state index contributed by atoms with van der Waals surface area (Å²) in [5.41, 5.74) is 1.06. The number of halogens is 1. The first-order valence-electron chi connectivity index (χ1n) is 9.85. The molecule has 1 saturated heterocycles. The number of aromatic nitrogens is 2. The average molecular weight is 406 g/mol. The van der Waals surface area contributed by atoms with Crippen LogP contribution in [0.25, 0.3) is 11.0 Å². The standard InChI is InChI=1S/C21H28ClN3O3/c1-21(2,3)28-20(26)25-12-6-8-15(14-25)9-7-13-27-19-18(22)23-16-10-4-5-11-17(16)24-19/h4-5,10-11,15H,6-9,12-14H2,1-3H3. The summed E-state index contributed by atoms with van der Waals surface area (Å²) in [5.74, 6) is 0.836. The molecule has 3 rings (SSSR count). The van der Waals surface area contributed by atoms with Gasteiger partial charge in [-0.05, 0) is 64.5 Å². The molecule has 1 atom stereocenters. The maximum Gasteiger partial charge on any atom is 0.410 e. The second-order valence-corrected chi connectivity index (χ2v) is 8.59. The van der Waals surface area contributed by atoms with Gasteiger partial charge < -0.3 is 14.4 Å². The van der Waals surface area contributed by atoms with Crippen LogP contribution in [0.15, 0.2) is 24.3 Å². The molecule has 28 heavy (non-hydrogen) atoms. The van der Waals surface area contributed by atoms with Crippen molar-refractivity contribution in [3.05, 3.63) is 29.4 Å². The number of para-hydroxylation sites is 2. The van der Waals surface area contributed by atoms with Crippen LogP contribution in [0.1, 0.15) is 46.5 Å². The molecule has 0 bridgehead atoms. The van der Waals surface area contributed by atoms with Crippen molar-refractivity contribution in [2.24, 2.45) is 5.92 Å². The number of benzene rings is 1. The Morgan fingerprint density at radius 3 is 2.68 bits per heavy atom. The minimum Gasteiger partial charge on any atom is -0.475 e. The summed E-state index contributed by atoms with van der Waals surface area (Å²) in [6, 6.07) is 7.57. The van der Waals surface area contributed by atoms with Gasteiger partial charge in [0.25, 0.3) is 5.88 Å². The normalized spacial score (nSPS) is 17.6. The zero-order chi connectivity index (χ0) is 20.1. The van der Waals surface area contributed by atoms with Crippen molar-refractivity contribution in [1.82, 2.24) is 14.9 Å². The number of ether oxygens (including phenoxy) is 2. The summed E-state index contributed by atoms with van der Waals surface area (Å²) < 4.78 is 11.3. The van der Waals surface area contributed by atoms with Crippen LogP contribution in [-0.2, 0) is 4.74 Å². The average Bonchev–Trinajstić information content (AvgIpc) is 2.64. The Morgan fingerprint density at radius 1 is 1.25 bits per heavy atom. The Bertz CT molecular complexity index is 822. The SMILES string of the molecule is CC(C)(C)OC(=O)N1CCCC(CCCOc2nc3ccccc3nc2Cl)C1. The van der Waals surface area contributed by atoms with E-state index in [1.54, 1.807) is 0 Å². The number of piperidine rings is 1. The maximum atomic E-state index is 12.3. The Kier molecular flexibility index (Phi) is 6.60. The van der Waals surface area contributed by atoms with Crippen LogP contribution in [-0.4, -0.2) is 46.3 Å². The molecule has 1 amide bonds. The summed E-state index contributed by atoms with van der Waals surface area (Å²) >= 11 is 6.18. The fourth-order valence-corrected chi connectivity index (χ4v) is 3.58. The number of nitrogens with zero attached hydrogens (tertiary/aromatic N) is 3. The highest BCUT2D eigenvalue weighted by Gasteiger charge is 2.27. The summed E-state index contributed by atoms with van der Waals surface area (Å²) in [7, 11) is 0. The predicted octanol–water partition coefficient (Wildman–Crippen LogP) is 5.09. The third-order valence-electron chi connectivity index (χ3n) is 4.66. The quantitative estimate of drug-likeness (QED) is 0.648. The molecule has 1 aliphatic heterocycles. The zero-order valence-corrected chi connectivity index (χ0v) is 17.5. The molecular formula is C21H28ClN3O3. The molecule has 0 aliphatic carbocycles. The van der Waals surface area contributed by atoms with Crippen molar-refractivity contribution >= 4 is 28.7 Å². The van der Waals surface area contributed by atoms with Crippen molar-refractivity contribution in [2.75, 3.05) is 19.7 Å². The van der Waals surface area contributed by atoms with Crippen molar-refractivity contribution in [2.45, 2.75) is 52.1 Å². The van der Waals surface area contributed by atoms with Crippen LogP contribution < -0.4 is 4.74 Å². The molecule has 1 aromatic carbocycles. The first-order valence-corrected chi connectivity index (χ1v) is 10.2. The Balaban J connectivity index is 1.46. The molecule has 2 heterocycles. The molecule has 0 spiro atoms. The topological polar surface area (TPSA) is 64.5 Å². The van der Waals surface area contributed by atoms with Crippen LogP contribution in [0.2, 0.25) is 5.15 Å². The molecule has 152 valence electrons. The summed E-state index contributed by atoms with van der Waals surface area (Å²) in [6.07, 6.45) is 3.77. The third-order valence-corrected chi connectivity index (χ3v) is 4.91. The molecule has 0 N–H and O–H groups in total. The molecule has 2 aromatic rings. The first-order chi connectivity index (χ1) is 13.3. The van der Waals surface area contributed by atoms with E-state index in [4.69, 9.17) is 21.1 Å². The van der Waals surface area contributed by atoms with E-state index in [1.807, 2.05) is 49.9 Å². The van der Waals surface area contributed by atoms with Crippen LogP contribution in [0, 0.1) is 5.92 Å². The lowest BCUT2D eigenvalue weighted by molar-refractivity contribution is 0.0159. The lowest BCUT2D eigenvalue weighted by Gasteiger charge is -2.34. The highest BCUT2D eigenvalue weighted by atomic mass is 35.5. The van der Waals surface area contributed by atoms with Crippen molar-refractivity contribution in [3.63, 3.8) is 0 Å². The van der Waals surface area contributed by atoms with Gasteiger partial charge in [0.2, 0.25) is 0 Å². The minimum absolute atomic E-state index is 0.216. The third kappa shape index (κ3) is 5.71. The molecule has 1 unspecified atom stereocenters. The molecule has 1 aliphatic rings. The number of likely N-dealkylation sites (tertiary alicyclic amines) is 1. The van der Waals surface area contributed by atoms with E-state index in [-0.39, 0.29) is 11.2 Å². The van der Waals surface area contributed by atoms with Crippen molar-refractivity contribution < 1.29 is 14.3 Å². The number of rotatable bonds is 5. The fourth-order valence-electron chi connectivity index (χ4n) is 3.39. The van der Waals surface area contributed by atoms with Gasteiger partial charge in [0.1, 0.15) is 5.60 Å². The largest absolute Gasteiger partial charge is 0.475 e. The number of carbonyl (C=O) groups is 1. The van der Waals surface area contributed by atoms with Crippen molar-refractivity contribution in [1.29, 1.82) is 0 Å². The molecular weight excluding hydrogens is 378 g/mol. The summed E-state index contributed by atoms with van der Waals surface area (Å²) in [6.45, 7) is 7.71. The van der Waals surface area contributed by atoms with Crippen molar-refractivity contribution in [3.8, 4) is 5.88 Å². The van der Waals surface area contributed by atoms with E-state index >= 15 is 0 Å². The monoisotopic (exact) mass is 405 g/mol. The van der Waals surface area contributed by atoms with Gasteiger partial charge in [-0.25, -0.2) is 14.8 Å². The van der Waals surface area contributed by atoms with E-state index < -0.39 is 5.60 Å². The molecule has 1 aromatic heterocycles. The first kappa shape index (κ1) is 20.6. The van der Waals surface area contributed by atoms with E-state index in [1.165, 1.54) is 0 Å². The number of amides is 1. The van der Waals surface area contributed by atoms with Crippen LogP contribution in [0.3, 0.4) is 0 Å². The zero-order valence-electron chi connectivity index (χ0n) is 16.8. The highest BCUT2D eigenvalue weighted by molar-refractivity contribution is 6.31. The second kappa shape index (κ2) is 8.95. The molecule has 0 radical (unpaired) electrons.